The van der Waals surface area contributed by atoms with Gasteiger partial charge in [0, 0.05) is 32.7 Å². The Morgan fingerprint density at radius 1 is 1.31 bits per heavy atom. The summed E-state index contributed by atoms with van der Waals surface area (Å²) in [5.74, 6) is 0. The van der Waals surface area contributed by atoms with Crippen LogP contribution in [0.15, 0.2) is 18.5 Å². The molecule has 0 radical (unpaired) electrons. The Morgan fingerprint density at radius 3 is 2.77 bits per heavy atom. The first-order valence-electron chi connectivity index (χ1n) is 4.94. The van der Waals surface area contributed by atoms with Crippen LogP contribution in [0.1, 0.15) is 24.8 Å². The van der Waals surface area contributed by atoms with Gasteiger partial charge in [-0.1, -0.05) is 0 Å². The predicted octanol–water partition coefficient (Wildman–Crippen LogP) is 2.61. The molecule has 0 aliphatic carbocycles. The smallest absolute Gasteiger partial charge is 0.0462 e. The molecule has 13 heavy (non-hydrogen) atoms. The fraction of sp³-hybridized carbons (Fsp3) is 0.636. The van der Waals surface area contributed by atoms with Crippen LogP contribution in [0.3, 0.4) is 0 Å². The van der Waals surface area contributed by atoms with Gasteiger partial charge in [-0.25, -0.2) is 0 Å². The lowest BCUT2D eigenvalue weighted by molar-refractivity contribution is 0.191. The molecule has 0 saturated heterocycles. The summed E-state index contributed by atoms with van der Waals surface area (Å²) in [7, 11) is 1.76. The predicted molar refractivity (Wildman–Crippen MR) is 54.9 cm³/mol. The van der Waals surface area contributed by atoms with Crippen molar-refractivity contribution in [3.05, 3.63) is 24.0 Å². The summed E-state index contributed by atoms with van der Waals surface area (Å²) in [5.41, 5.74) is 1.34. The molecule has 0 fully saturated rings. The van der Waals surface area contributed by atoms with Gasteiger partial charge in [0.2, 0.25) is 0 Å². The lowest BCUT2D eigenvalue weighted by atomic mass is 10.2. The molecule has 0 spiro atoms. The van der Waals surface area contributed by atoms with Crippen LogP contribution in [0.4, 0.5) is 0 Å². The Kier molecular flexibility index (Phi) is 4.61. The third-order valence-corrected chi connectivity index (χ3v) is 2.16. The van der Waals surface area contributed by atoms with E-state index in [0.717, 1.165) is 13.2 Å². The van der Waals surface area contributed by atoms with E-state index in [1.54, 1.807) is 7.11 Å². The van der Waals surface area contributed by atoms with Gasteiger partial charge in [-0.15, -0.1) is 0 Å². The van der Waals surface area contributed by atoms with E-state index in [2.05, 4.69) is 30.0 Å². The number of rotatable bonds is 6. The zero-order valence-electron chi connectivity index (χ0n) is 8.62. The molecule has 0 atom stereocenters. The number of aryl methyl sites for hydroxylation is 2. The molecule has 1 aromatic heterocycles. The van der Waals surface area contributed by atoms with Crippen molar-refractivity contribution >= 4 is 0 Å². The summed E-state index contributed by atoms with van der Waals surface area (Å²) in [4.78, 5) is 0. The highest BCUT2D eigenvalue weighted by molar-refractivity contribution is 5.06. The van der Waals surface area contributed by atoms with Crippen molar-refractivity contribution in [1.82, 2.24) is 4.57 Å². The molecular weight excluding hydrogens is 162 g/mol. The Bertz CT molecular complexity index is 230. The quantitative estimate of drug-likeness (QED) is 0.615. The second-order valence-corrected chi connectivity index (χ2v) is 3.48. The van der Waals surface area contributed by atoms with Gasteiger partial charge in [0.25, 0.3) is 0 Å². The summed E-state index contributed by atoms with van der Waals surface area (Å²) in [6.07, 6.45) is 8.02. The van der Waals surface area contributed by atoms with Gasteiger partial charge in [-0.05, 0) is 37.8 Å². The van der Waals surface area contributed by atoms with E-state index in [0.29, 0.717) is 0 Å². The van der Waals surface area contributed by atoms with Crippen LogP contribution in [0.2, 0.25) is 0 Å². The van der Waals surface area contributed by atoms with E-state index < -0.39 is 0 Å². The third-order valence-electron chi connectivity index (χ3n) is 2.16. The molecule has 0 aromatic carbocycles. The summed E-state index contributed by atoms with van der Waals surface area (Å²) in [5, 5.41) is 0. The maximum atomic E-state index is 4.99. The maximum Gasteiger partial charge on any atom is 0.0462 e. The molecule has 1 rings (SSSR count). The lowest BCUT2D eigenvalue weighted by Crippen LogP contribution is -1.95. The van der Waals surface area contributed by atoms with E-state index >= 15 is 0 Å². The summed E-state index contributed by atoms with van der Waals surface area (Å²) in [6, 6.07) is 2.15. The summed E-state index contributed by atoms with van der Waals surface area (Å²) in [6.45, 7) is 4.16. The minimum atomic E-state index is 0.894. The topological polar surface area (TPSA) is 14.2 Å². The van der Waals surface area contributed by atoms with Crippen molar-refractivity contribution in [3.63, 3.8) is 0 Å². The SMILES string of the molecule is COCCCCCn1ccc(C)c1. The van der Waals surface area contributed by atoms with Gasteiger partial charge in [-0.2, -0.15) is 0 Å². The van der Waals surface area contributed by atoms with Crippen LogP contribution in [0.5, 0.6) is 0 Å². The Labute approximate surface area is 80.5 Å². The number of ether oxygens (including phenoxy) is 1. The lowest BCUT2D eigenvalue weighted by Gasteiger charge is -2.02. The molecule has 1 heterocycles. The fourth-order valence-electron chi connectivity index (χ4n) is 1.42. The van der Waals surface area contributed by atoms with Crippen LogP contribution in [-0.4, -0.2) is 18.3 Å². The number of methoxy groups -OCH3 is 1. The second-order valence-electron chi connectivity index (χ2n) is 3.48. The Hall–Kier alpha value is -0.760. The molecule has 0 N–H and O–H groups in total. The van der Waals surface area contributed by atoms with Gasteiger partial charge in [-0.3, -0.25) is 0 Å². The number of unbranched alkanes of at least 4 members (excludes halogenated alkanes) is 2. The van der Waals surface area contributed by atoms with E-state index in [4.69, 9.17) is 4.74 Å². The van der Waals surface area contributed by atoms with Gasteiger partial charge in [0.1, 0.15) is 0 Å². The highest BCUT2D eigenvalue weighted by Crippen LogP contribution is 2.03. The highest BCUT2D eigenvalue weighted by Gasteiger charge is 1.92. The zero-order valence-corrected chi connectivity index (χ0v) is 8.62. The fourth-order valence-corrected chi connectivity index (χ4v) is 1.42. The molecule has 74 valence electrons. The van der Waals surface area contributed by atoms with Crippen molar-refractivity contribution in [3.8, 4) is 0 Å². The van der Waals surface area contributed by atoms with Crippen LogP contribution >= 0.6 is 0 Å². The van der Waals surface area contributed by atoms with E-state index in [9.17, 15) is 0 Å². The molecule has 0 bridgehead atoms. The summed E-state index contributed by atoms with van der Waals surface area (Å²) < 4.78 is 7.24. The molecule has 2 nitrogen and oxygen atoms in total. The minimum absolute atomic E-state index is 0.894. The van der Waals surface area contributed by atoms with E-state index in [-0.39, 0.29) is 0 Å². The van der Waals surface area contributed by atoms with E-state index in [1.807, 2.05) is 0 Å². The molecule has 0 saturated carbocycles. The van der Waals surface area contributed by atoms with Crippen LogP contribution in [0, 0.1) is 6.92 Å². The van der Waals surface area contributed by atoms with Gasteiger partial charge in [0.05, 0.1) is 0 Å². The molecule has 0 amide bonds. The molecule has 0 unspecified atom stereocenters. The maximum absolute atomic E-state index is 4.99. The van der Waals surface area contributed by atoms with Gasteiger partial charge >= 0.3 is 0 Å². The Balaban J connectivity index is 2.06. The standard InChI is InChI=1S/C11H19NO/c1-11-6-8-12(10-11)7-4-3-5-9-13-2/h6,8,10H,3-5,7,9H2,1-2H3. The molecular formula is C11H19NO. The third kappa shape index (κ3) is 4.13. The number of hydrogen-bond acceptors (Lipinski definition) is 1. The van der Waals surface area contributed by atoms with Crippen LogP contribution in [0.25, 0.3) is 0 Å². The van der Waals surface area contributed by atoms with Crippen molar-refractivity contribution in [2.45, 2.75) is 32.7 Å². The molecule has 1 aromatic rings. The molecule has 0 aliphatic heterocycles. The Morgan fingerprint density at radius 2 is 2.15 bits per heavy atom. The average molecular weight is 181 g/mol. The summed E-state index contributed by atoms with van der Waals surface area (Å²) >= 11 is 0. The number of nitrogens with zero attached hydrogens (tertiary/aromatic N) is 1. The first kappa shape index (κ1) is 10.3. The first-order chi connectivity index (χ1) is 6.33. The second kappa shape index (κ2) is 5.81. The van der Waals surface area contributed by atoms with Crippen molar-refractivity contribution in [1.29, 1.82) is 0 Å². The molecule has 2 heteroatoms. The minimum Gasteiger partial charge on any atom is -0.385 e. The van der Waals surface area contributed by atoms with E-state index in [1.165, 1.54) is 24.8 Å². The van der Waals surface area contributed by atoms with Gasteiger partial charge < -0.3 is 9.30 Å². The van der Waals surface area contributed by atoms with Crippen molar-refractivity contribution in [2.24, 2.45) is 0 Å². The van der Waals surface area contributed by atoms with Crippen LogP contribution in [-0.2, 0) is 11.3 Å². The normalized spacial score (nSPS) is 10.6. The highest BCUT2D eigenvalue weighted by atomic mass is 16.5. The average Bonchev–Trinajstić information content (AvgIpc) is 2.51. The zero-order chi connectivity index (χ0) is 9.52. The van der Waals surface area contributed by atoms with Crippen LogP contribution < -0.4 is 0 Å². The van der Waals surface area contributed by atoms with Crippen molar-refractivity contribution < 1.29 is 4.74 Å². The first-order valence-corrected chi connectivity index (χ1v) is 4.94. The largest absolute Gasteiger partial charge is 0.385 e. The van der Waals surface area contributed by atoms with Gasteiger partial charge in [0.15, 0.2) is 0 Å². The number of aromatic nitrogens is 1. The number of hydrogen-bond donors (Lipinski definition) is 0. The molecule has 0 aliphatic rings. The monoisotopic (exact) mass is 181 g/mol. The van der Waals surface area contributed by atoms with Crippen molar-refractivity contribution in [2.75, 3.05) is 13.7 Å².